The van der Waals surface area contributed by atoms with E-state index in [2.05, 4.69) is 0 Å². The van der Waals surface area contributed by atoms with Crippen LogP contribution < -0.4 is 0 Å². The molecule has 1 aliphatic rings. The maximum absolute atomic E-state index is 11.2. The van der Waals surface area contributed by atoms with Gasteiger partial charge in [-0.1, -0.05) is 0 Å². The van der Waals surface area contributed by atoms with Gasteiger partial charge in [0.2, 0.25) is 6.29 Å². The van der Waals surface area contributed by atoms with Crippen LogP contribution in [-0.2, 0) is 14.3 Å². The number of hydrogen-bond acceptors (Lipinski definition) is 7. The van der Waals surface area contributed by atoms with Crippen LogP contribution in [-0.4, -0.2) is 63.5 Å². The number of aliphatic hydroxyl groups excluding tert-OH is 4. The molecule has 5 atom stereocenters. The first-order chi connectivity index (χ1) is 8.42. The largest absolute Gasteiger partial charge is 0.459 e. The van der Waals surface area contributed by atoms with E-state index in [0.29, 0.717) is 0 Å². The van der Waals surface area contributed by atoms with E-state index in [4.69, 9.17) is 14.6 Å². The molecule has 18 heavy (non-hydrogen) atoms. The van der Waals surface area contributed by atoms with Gasteiger partial charge in [0.1, 0.15) is 24.4 Å². The summed E-state index contributed by atoms with van der Waals surface area (Å²) < 4.78 is 10.2. The predicted molar refractivity (Wildman–Crippen MR) is 59.3 cm³/mol. The van der Waals surface area contributed by atoms with Crippen molar-refractivity contribution in [2.75, 3.05) is 6.61 Å². The van der Waals surface area contributed by atoms with E-state index in [1.807, 2.05) is 0 Å². The minimum Gasteiger partial charge on any atom is -0.459 e. The van der Waals surface area contributed by atoms with Gasteiger partial charge in [0, 0.05) is 6.92 Å². The molecule has 0 unspecified atom stereocenters. The zero-order valence-electron chi connectivity index (χ0n) is 10.2. The Morgan fingerprint density at radius 3 is 2.33 bits per heavy atom. The van der Waals surface area contributed by atoms with E-state index in [9.17, 15) is 20.1 Å². The van der Waals surface area contributed by atoms with Gasteiger partial charge >= 0.3 is 0 Å². The second-order valence-electron chi connectivity index (χ2n) is 4.02. The van der Waals surface area contributed by atoms with Gasteiger partial charge in [-0.3, -0.25) is 4.79 Å². The molecular formula is C11H18O7. The smallest absolute Gasteiger partial charge is 0.229 e. The van der Waals surface area contributed by atoms with Crippen LogP contribution in [0.5, 0.6) is 0 Å². The fraction of sp³-hybridized carbons (Fsp3) is 0.727. The summed E-state index contributed by atoms with van der Waals surface area (Å²) in [5, 5.41) is 37.7. The third-order valence-electron chi connectivity index (χ3n) is 2.70. The third-order valence-corrected chi connectivity index (χ3v) is 2.70. The molecule has 1 saturated heterocycles. The van der Waals surface area contributed by atoms with Crippen LogP contribution in [0.3, 0.4) is 0 Å². The van der Waals surface area contributed by atoms with Crippen molar-refractivity contribution in [1.82, 2.24) is 0 Å². The molecule has 1 heterocycles. The van der Waals surface area contributed by atoms with Gasteiger partial charge < -0.3 is 29.9 Å². The SMILES string of the molecule is C/C=C(\O[C@@H]1O[C@H](CO)[C@@H](O)[C@H](O)[C@H]1O)C(C)=O. The highest BCUT2D eigenvalue weighted by Crippen LogP contribution is 2.23. The fourth-order valence-corrected chi connectivity index (χ4v) is 1.64. The minimum absolute atomic E-state index is 0.0284. The molecule has 0 radical (unpaired) electrons. The first-order valence-corrected chi connectivity index (χ1v) is 5.56. The Morgan fingerprint density at radius 2 is 1.89 bits per heavy atom. The molecule has 1 rings (SSSR count). The monoisotopic (exact) mass is 262 g/mol. The highest BCUT2D eigenvalue weighted by molar-refractivity contribution is 5.91. The number of rotatable bonds is 4. The lowest BCUT2D eigenvalue weighted by Gasteiger charge is -2.39. The number of carbonyl (C=O) groups is 1. The van der Waals surface area contributed by atoms with E-state index in [0.717, 1.165) is 0 Å². The van der Waals surface area contributed by atoms with Crippen LogP contribution in [0.25, 0.3) is 0 Å². The number of hydrogen-bond donors (Lipinski definition) is 4. The van der Waals surface area contributed by atoms with E-state index in [-0.39, 0.29) is 11.5 Å². The van der Waals surface area contributed by atoms with Crippen molar-refractivity contribution in [2.45, 2.75) is 44.6 Å². The van der Waals surface area contributed by atoms with Crippen LogP contribution in [0, 0.1) is 0 Å². The molecule has 0 aliphatic carbocycles. The Bertz CT molecular complexity index is 325. The predicted octanol–water partition coefficient (Wildman–Crippen LogP) is -1.70. The van der Waals surface area contributed by atoms with Gasteiger partial charge in [-0.05, 0) is 13.0 Å². The van der Waals surface area contributed by atoms with Crippen molar-refractivity contribution in [3.8, 4) is 0 Å². The molecule has 104 valence electrons. The summed E-state index contributed by atoms with van der Waals surface area (Å²) in [5.74, 6) is -0.395. The van der Waals surface area contributed by atoms with Crippen LogP contribution in [0.2, 0.25) is 0 Å². The fourth-order valence-electron chi connectivity index (χ4n) is 1.64. The van der Waals surface area contributed by atoms with Crippen LogP contribution in [0.4, 0.5) is 0 Å². The maximum Gasteiger partial charge on any atom is 0.229 e. The first-order valence-electron chi connectivity index (χ1n) is 5.56. The third kappa shape index (κ3) is 3.06. The molecular weight excluding hydrogens is 244 g/mol. The highest BCUT2D eigenvalue weighted by atomic mass is 16.7. The molecule has 4 N–H and O–H groups in total. The number of Topliss-reactive ketones (excluding diaryl/α,β-unsaturated/α-hetero) is 1. The van der Waals surface area contributed by atoms with Crippen LogP contribution >= 0.6 is 0 Å². The average Bonchev–Trinajstić information content (AvgIpc) is 2.35. The number of aliphatic hydroxyl groups is 4. The number of allylic oxidation sites excluding steroid dienone is 2. The number of ketones is 1. The highest BCUT2D eigenvalue weighted by Gasteiger charge is 2.45. The molecule has 1 aliphatic heterocycles. The lowest BCUT2D eigenvalue weighted by atomic mass is 9.99. The average molecular weight is 262 g/mol. The Hall–Kier alpha value is -0.990. The van der Waals surface area contributed by atoms with E-state index >= 15 is 0 Å². The van der Waals surface area contributed by atoms with Crippen molar-refractivity contribution in [2.24, 2.45) is 0 Å². The number of ether oxygens (including phenoxy) is 2. The molecule has 0 aromatic carbocycles. The molecule has 7 nitrogen and oxygen atoms in total. The lowest BCUT2D eigenvalue weighted by Crippen LogP contribution is -2.59. The molecule has 0 aromatic heterocycles. The van der Waals surface area contributed by atoms with Crippen molar-refractivity contribution in [1.29, 1.82) is 0 Å². The van der Waals surface area contributed by atoms with E-state index in [1.165, 1.54) is 13.0 Å². The Balaban J connectivity index is 2.79. The second kappa shape index (κ2) is 6.26. The van der Waals surface area contributed by atoms with Crippen LogP contribution in [0.1, 0.15) is 13.8 Å². The summed E-state index contributed by atoms with van der Waals surface area (Å²) in [6, 6.07) is 0. The van der Waals surface area contributed by atoms with Gasteiger partial charge in [0.25, 0.3) is 0 Å². The zero-order chi connectivity index (χ0) is 13.9. The van der Waals surface area contributed by atoms with E-state index in [1.54, 1.807) is 6.92 Å². The Kier molecular flexibility index (Phi) is 5.24. The van der Waals surface area contributed by atoms with Gasteiger partial charge in [0.05, 0.1) is 6.61 Å². The molecule has 0 saturated carbocycles. The Morgan fingerprint density at radius 1 is 1.28 bits per heavy atom. The van der Waals surface area contributed by atoms with E-state index < -0.39 is 37.3 Å². The van der Waals surface area contributed by atoms with Crippen molar-refractivity contribution in [3.63, 3.8) is 0 Å². The van der Waals surface area contributed by atoms with Gasteiger partial charge in [-0.2, -0.15) is 0 Å². The van der Waals surface area contributed by atoms with Crippen molar-refractivity contribution < 1.29 is 34.7 Å². The van der Waals surface area contributed by atoms with Crippen molar-refractivity contribution in [3.05, 3.63) is 11.8 Å². The van der Waals surface area contributed by atoms with Gasteiger partial charge in [-0.25, -0.2) is 0 Å². The molecule has 0 amide bonds. The zero-order valence-corrected chi connectivity index (χ0v) is 10.2. The summed E-state index contributed by atoms with van der Waals surface area (Å²) in [6.07, 6.45) is -5.47. The topological polar surface area (TPSA) is 116 Å². The molecule has 0 bridgehead atoms. The normalized spacial score (nSPS) is 37.4. The first kappa shape index (κ1) is 15.1. The van der Waals surface area contributed by atoms with Crippen LogP contribution in [0.15, 0.2) is 11.8 Å². The maximum atomic E-state index is 11.2. The number of carbonyl (C=O) groups excluding carboxylic acids is 1. The summed E-state index contributed by atoms with van der Waals surface area (Å²) in [5.41, 5.74) is 0. The summed E-state index contributed by atoms with van der Waals surface area (Å²) >= 11 is 0. The second-order valence-corrected chi connectivity index (χ2v) is 4.02. The summed E-state index contributed by atoms with van der Waals surface area (Å²) in [7, 11) is 0. The van der Waals surface area contributed by atoms with Gasteiger partial charge in [0.15, 0.2) is 11.5 Å². The molecule has 0 aromatic rings. The standard InChI is InChI=1S/C11H18O7/c1-3-6(5(2)13)17-11-10(16)9(15)8(14)7(4-12)18-11/h3,7-12,14-16H,4H2,1-2H3/b6-3-/t7-,8-,9+,10-,11-/m1/s1. The lowest BCUT2D eigenvalue weighted by molar-refractivity contribution is -0.290. The molecule has 7 heteroatoms. The molecule has 1 fully saturated rings. The quantitative estimate of drug-likeness (QED) is 0.352. The minimum atomic E-state index is -1.52. The Labute approximate surface area is 104 Å². The molecule has 0 spiro atoms. The summed E-state index contributed by atoms with van der Waals surface area (Å²) in [4.78, 5) is 11.2. The van der Waals surface area contributed by atoms with Gasteiger partial charge in [-0.15, -0.1) is 0 Å². The summed E-state index contributed by atoms with van der Waals surface area (Å²) in [6.45, 7) is 2.30. The van der Waals surface area contributed by atoms with Crippen molar-refractivity contribution >= 4 is 5.78 Å².